The second-order valence-corrected chi connectivity index (χ2v) is 9.36. The maximum atomic E-state index is 11.9. The van der Waals surface area contributed by atoms with Crippen LogP contribution in [0.25, 0.3) is 16.8 Å². The van der Waals surface area contributed by atoms with Crippen LogP contribution in [0.15, 0.2) is 72.3 Å². The molecule has 0 aromatic heterocycles. The molecule has 2 heterocycles. The van der Waals surface area contributed by atoms with Crippen molar-refractivity contribution >= 4 is 22.8 Å². The van der Waals surface area contributed by atoms with Crippen LogP contribution in [0, 0.1) is 0 Å². The summed E-state index contributed by atoms with van der Waals surface area (Å²) in [4.78, 5) is 14.2. The van der Waals surface area contributed by atoms with Gasteiger partial charge in [-0.2, -0.15) is 0 Å². The van der Waals surface area contributed by atoms with E-state index in [9.17, 15) is 9.90 Å². The van der Waals surface area contributed by atoms with Gasteiger partial charge < -0.3 is 20.1 Å². The number of benzene rings is 3. The van der Waals surface area contributed by atoms with Crippen LogP contribution in [0.3, 0.4) is 0 Å². The Morgan fingerprint density at radius 3 is 2.59 bits per heavy atom. The fourth-order valence-electron chi connectivity index (χ4n) is 5.04. The second kappa shape index (κ2) is 10.4. The molecule has 5 heteroatoms. The van der Waals surface area contributed by atoms with Crippen molar-refractivity contribution in [3.05, 3.63) is 83.4 Å². The lowest BCUT2D eigenvalue weighted by molar-refractivity contribution is -0.116. The first-order valence-electron chi connectivity index (χ1n) is 12.3. The summed E-state index contributed by atoms with van der Waals surface area (Å²) in [6.45, 7) is 3.48. The number of carbonyl (C=O) groups excluding carboxylic acids is 1. The summed E-state index contributed by atoms with van der Waals surface area (Å²) in [6, 6.07) is 23.0. The molecule has 1 amide bonds. The number of hydrogen-bond donors (Lipinski definition) is 2. The molecule has 3 aromatic carbocycles. The first kappa shape index (κ1) is 22.6. The van der Waals surface area contributed by atoms with Gasteiger partial charge in [0.25, 0.3) is 0 Å². The van der Waals surface area contributed by atoms with E-state index in [0.29, 0.717) is 24.8 Å². The van der Waals surface area contributed by atoms with Gasteiger partial charge in [-0.25, -0.2) is 0 Å². The number of β-amino-alcohol motifs (C(OH)–C–C–N with tert-alkyl or cyclic N) is 1. The lowest BCUT2D eigenvalue weighted by Gasteiger charge is -2.33. The van der Waals surface area contributed by atoms with Gasteiger partial charge in [0.1, 0.15) is 18.5 Å². The molecule has 0 bridgehead atoms. The summed E-state index contributed by atoms with van der Waals surface area (Å²) in [5.74, 6) is 1.26. The van der Waals surface area contributed by atoms with Crippen LogP contribution < -0.4 is 10.1 Å². The van der Waals surface area contributed by atoms with Crippen LogP contribution in [0.5, 0.6) is 5.75 Å². The number of likely N-dealkylation sites (tertiary alicyclic amines) is 1. The number of hydrogen-bond acceptors (Lipinski definition) is 4. The molecule has 2 N–H and O–H groups in total. The number of nitrogens with zero attached hydrogens (tertiary/aromatic N) is 1. The summed E-state index contributed by atoms with van der Waals surface area (Å²) in [7, 11) is 0. The van der Waals surface area contributed by atoms with Crippen molar-refractivity contribution < 1.29 is 14.6 Å². The van der Waals surface area contributed by atoms with Crippen LogP contribution in [0.4, 0.5) is 0 Å². The summed E-state index contributed by atoms with van der Waals surface area (Å²) in [5.41, 5.74) is 3.06. The Hall–Kier alpha value is -3.15. The van der Waals surface area contributed by atoms with Crippen LogP contribution in [-0.4, -0.2) is 54.8 Å². The van der Waals surface area contributed by atoms with Crippen molar-refractivity contribution in [1.29, 1.82) is 0 Å². The standard InChI is InChI=1S/C29H32N2O3/c32-27(20-34-28-8-4-3-7-25(28)18-26-11-14-30-29(26)33)19-31-15-12-22(13-16-31)24-10-9-21-5-1-2-6-23(21)17-24/h1-10,17-18,22,27,32H,11-16,19-20H2,(H,30,33)/b26-18-. The number of amides is 1. The zero-order valence-corrected chi connectivity index (χ0v) is 19.5. The molecule has 1 atom stereocenters. The van der Waals surface area contributed by atoms with E-state index in [1.54, 1.807) is 0 Å². The SMILES string of the molecule is O=C1NCC/C1=C/c1ccccc1OCC(O)CN1CCC(c2ccc3ccccc3c2)CC1. The number of nitrogens with one attached hydrogen (secondary N) is 1. The van der Waals surface area contributed by atoms with Crippen LogP contribution in [0.2, 0.25) is 0 Å². The van der Waals surface area contributed by atoms with E-state index < -0.39 is 6.10 Å². The average Bonchev–Trinajstić information content (AvgIpc) is 3.28. The first-order valence-corrected chi connectivity index (χ1v) is 12.3. The molecular formula is C29H32N2O3. The first-order chi connectivity index (χ1) is 16.7. The molecule has 0 spiro atoms. The highest BCUT2D eigenvalue weighted by Gasteiger charge is 2.23. The van der Waals surface area contributed by atoms with Crippen LogP contribution >= 0.6 is 0 Å². The molecular weight excluding hydrogens is 424 g/mol. The highest BCUT2D eigenvalue weighted by molar-refractivity contribution is 6.00. The minimum absolute atomic E-state index is 0.0121. The normalized spacial score (nSPS) is 19.4. The maximum absolute atomic E-state index is 11.9. The third-order valence-electron chi connectivity index (χ3n) is 6.95. The zero-order valence-electron chi connectivity index (χ0n) is 19.5. The molecule has 0 radical (unpaired) electrons. The van der Waals surface area contributed by atoms with Crippen LogP contribution in [-0.2, 0) is 4.79 Å². The smallest absolute Gasteiger partial charge is 0.247 e. The predicted molar refractivity (Wildman–Crippen MR) is 136 cm³/mol. The largest absolute Gasteiger partial charge is 0.490 e. The van der Waals surface area contributed by atoms with Gasteiger partial charge in [-0.15, -0.1) is 0 Å². The topological polar surface area (TPSA) is 61.8 Å². The zero-order chi connectivity index (χ0) is 23.3. The van der Waals surface area contributed by atoms with Crippen LogP contribution in [0.1, 0.15) is 36.3 Å². The summed E-state index contributed by atoms with van der Waals surface area (Å²) in [5, 5.41) is 16.1. The Morgan fingerprint density at radius 2 is 1.79 bits per heavy atom. The van der Waals surface area contributed by atoms with Crippen molar-refractivity contribution in [3.8, 4) is 5.75 Å². The highest BCUT2D eigenvalue weighted by Crippen LogP contribution is 2.30. The van der Waals surface area contributed by atoms with Gasteiger partial charge >= 0.3 is 0 Å². The quantitative estimate of drug-likeness (QED) is 0.519. The molecule has 176 valence electrons. The van der Waals surface area contributed by atoms with Crippen molar-refractivity contribution in [1.82, 2.24) is 10.2 Å². The molecule has 2 fully saturated rings. The second-order valence-electron chi connectivity index (χ2n) is 9.36. The van der Waals surface area contributed by atoms with Crippen molar-refractivity contribution in [2.24, 2.45) is 0 Å². The Labute approximate surface area is 201 Å². The van der Waals surface area contributed by atoms with Gasteiger partial charge in [-0.05, 0) is 66.7 Å². The Kier molecular flexibility index (Phi) is 6.93. The Morgan fingerprint density at radius 1 is 1.03 bits per heavy atom. The number of para-hydroxylation sites is 1. The van der Waals surface area contributed by atoms with Gasteiger partial charge in [0, 0.05) is 24.2 Å². The molecule has 2 saturated heterocycles. The van der Waals surface area contributed by atoms with E-state index in [4.69, 9.17) is 4.74 Å². The monoisotopic (exact) mass is 456 g/mol. The number of piperidine rings is 1. The fourth-order valence-corrected chi connectivity index (χ4v) is 5.04. The molecule has 3 aromatic rings. The van der Waals surface area contributed by atoms with E-state index in [-0.39, 0.29) is 12.5 Å². The molecule has 1 unspecified atom stereocenters. The lowest BCUT2D eigenvalue weighted by atomic mass is 9.88. The summed E-state index contributed by atoms with van der Waals surface area (Å²) >= 11 is 0. The molecule has 34 heavy (non-hydrogen) atoms. The highest BCUT2D eigenvalue weighted by atomic mass is 16.5. The number of aliphatic hydroxyl groups excluding tert-OH is 1. The van der Waals surface area contributed by atoms with Crippen molar-refractivity contribution in [2.45, 2.75) is 31.3 Å². The van der Waals surface area contributed by atoms with E-state index in [0.717, 1.165) is 43.5 Å². The average molecular weight is 457 g/mol. The maximum Gasteiger partial charge on any atom is 0.247 e. The van der Waals surface area contributed by atoms with Gasteiger partial charge in [0.2, 0.25) is 5.91 Å². The molecule has 5 nitrogen and oxygen atoms in total. The number of rotatable bonds is 7. The molecule has 0 aliphatic carbocycles. The third-order valence-corrected chi connectivity index (χ3v) is 6.95. The van der Waals surface area contributed by atoms with E-state index >= 15 is 0 Å². The summed E-state index contributed by atoms with van der Waals surface area (Å²) in [6.07, 6.45) is 4.26. The predicted octanol–water partition coefficient (Wildman–Crippen LogP) is 4.36. The van der Waals surface area contributed by atoms with E-state index in [1.165, 1.54) is 16.3 Å². The van der Waals surface area contributed by atoms with Gasteiger partial charge in [0.05, 0.1) is 0 Å². The molecule has 0 saturated carbocycles. The molecule has 5 rings (SSSR count). The van der Waals surface area contributed by atoms with E-state index in [2.05, 4.69) is 52.7 Å². The van der Waals surface area contributed by atoms with Crippen molar-refractivity contribution in [2.75, 3.05) is 32.8 Å². The minimum atomic E-state index is -0.562. The van der Waals surface area contributed by atoms with Crippen molar-refractivity contribution in [3.63, 3.8) is 0 Å². The lowest BCUT2D eigenvalue weighted by Crippen LogP contribution is -2.40. The number of aliphatic hydroxyl groups is 1. The van der Waals surface area contributed by atoms with Gasteiger partial charge in [0.15, 0.2) is 0 Å². The van der Waals surface area contributed by atoms with Gasteiger partial charge in [-0.1, -0.05) is 60.7 Å². The summed E-state index contributed by atoms with van der Waals surface area (Å²) < 4.78 is 5.96. The molecule has 2 aliphatic rings. The van der Waals surface area contributed by atoms with Gasteiger partial charge in [-0.3, -0.25) is 4.79 Å². The van der Waals surface area contributed by atoms with E-state index in [1.807, 2.05) is 30.3 Å². The Bertz CT molecular complexity index is 1180. The number of fused-ring (bicyclic) bond motifs is 1. The fraction of sp³-hybridized carbons (Fsp3) is 0.345. The third kappa shape index (κ3) is 5.32. The minimum Gasteiger partial charge on any atom is -0.490 e. The number of ether oxygens (including phenoxy) is 1. The molecule has 2 aliphatic heterocycles. The number of carbonyl (C=O) groups is 1. The Balaban J connectivity index is 1.12.